The zero-order chi connectivity index (χ0) is 42.2. The third-order valence-electron chi connectivity index (χ3n) is 11.1. The Labute approximate surface area is 348 Å². The number of nitrogens with zero attached hydrogens (tertiary/aromatic N) is 2. The van der Waals surface area contributed by atoms with Gasteiger partial charge in [0.1, 0.15) is 11.5 Å². The third-order valence-corrected chi connectivity index (χ3v) is 11.1. The maximum Gasteiger partial charge on any atom is 0.311 e. The van der Waals surface area contributed by atoms with Crippen molar-refractivity contribution in [3.63, 3.8) is 0 Å². The normalized spacial score (nSPS) is 12.9. The molecule has 0 aliphatic rings. The van der Waals surface area contributed by atoms with Gasteiger partial charge in [-0.05, 0) is 141 Å². The molecular formula is C50H68N2O6. The second-order valence-electron chi connectivity index (χ2n) is 16.6. The molecule has 2 N–H and O–H groups in total. The molecule has 4 aromatic rings. The van der Waals surface area contributed by atoms with E-state index in [0.29, 0.717) is 48.5 Å². The summed E-state index contributed by atoms with van der Waals surface area (Å²) in [5.41, 5.74) is 5.52. The summed E-state index contributed by atoms with van der Waals surface area (Å²) in [6.07, 6.45) is 2.84. The summed E-state index contributed by atoms with van der Waals surface area (Å²) in [6.45, 7) is 19.2. The number of carbonyl (C=O) groups is 2. The minimum atomic E-state index is -0.367. The van der Waals surface area contributed by atoms with Gasteiger partial charge in [-0.2, -0.15) is 0 Å². The molecule has 0 aliphatic carbocycles. The fourth-order valence-electron chi connectivity index (χ4n) is 8.16. The molecule has 0 aliphatic heterocycles. The molecule has 314 valence electrons. The fraction of sp³-hybridized carbons (Fsp3) is 0.480. The number of unbranched alkanes of at least 4 members (excludes halogenated alkanes) is 1. The number of carbonyl (C=O) groups excluding carboxylic acids is 2. The maximum absolute atomic E-state index is 13.3. The van der Waals surface area contributed by atoms with Gasteiger partial charge >= 0.3 is 11.9 Å². The number of ether oxygens (including phenoxy) is 2. The van der Waals surface area contributed by atoms with E-state index in [1.807, 2.05) is 48.5 Å². The van der Waals surface area contributed by atoms with Crippen LogP contribution in [0.1, 0.15) is 139 Å². The quantitative estimate of drug-likeness (QED) is 0.0435. The Kier molecular flexibility index (Phi) is 18.6. The smallest absolute Gasteiger partial charge is 0.311 e. The van der Waals surface area contributed by atoms with Crippen molar-refractivity contribution in [1.29, 1.82) is 0 Å². The number of aliphatic hydroxyl groups is 2. The number of esters is 2. The Morgan fingerprint density at radius 3 is 1.17 bits per heavy atom. The van der Waals surface area contributed by atoms with E-state index in [-0.39, 0.29) is 49.8 Å². The monoisotopic (exact) mass is 793 g/mol. The summed E-state index contributed by atoms with van der Waals surface area (Å²) >= 11 is 0. The molecule has 0 spiro atoms. The standard InChI is InChI=1S/C50H68N2O6/c1-35(2)51(36(3)4)29-27-43(41-17-11-9-12-18-41)45-31-39(33-53)23-25-47(45)57-49(55)21-15-16-22-50(56)58-48-26-24-40(34-54)32-46(48)44(42-19-13-10-14-20-42)28-30-52(37(5)6)38(7)8/h9-14,17-20,23-26,31-32,35-38,43-44,53-54H,15-16,21-22,27-30,33-34H2,1-8H3. The number of benzene rings is 4. The van der Waals surface area contributed by atoms with Gasteiger partial charge in [-0.15, -0.1) is 0 Å². The Hall–Kier alpha value is -4.34. The van der Waals surface area contributed by atoms with E-state index in [0.717, 1.165) is 59.3 Å². The molecule has 0 radical (unpaired) electrons. The second-order valence-corrected chi connectivity index (χ2v) is 16.6. The molecule has 8 nitrogen and oxygen atoms in total. The third kappa shape index (κ3) is 13.6. The van der Waals surface area contributed by atoms with Crippen LogP contribution in [0.3, 0.4) is 0 Å². The highest BCUT2D eigenvalue weighted by Gasteiger charge is 2.25. The van der Waals surface area contributed by atoms with Crippen molar-refractivity contribution < 1.29 is 29.3 Å². The fourth-order valence-corrected chi connectivity index (χ4v) is 8.16. The number of hydrogen-bond donors (Lipinski definition) is 2. The van der Waals surface area contributed by atoms with Crippen molar-refractivity contribution >= 4 is 11.9 Å². The first-order chi connectivity index (χ1) is 27.8. The predicted molar refractivity (Wildman–Crippen MR) is 234 cm³/mol. The van der Waals surface area contributed by atoms with Crippen LogP contribution in [0.4, 0.5) is 0 Å². The van der Waals surface area contributed by atoms with Gasteiger partial charge in [-0.3, -0.25) is 19.4 Å². The van der Waals surface area contributed by atoms with Crippen LogP contribution < -0.4 is 9.47 Å². The molecule has 2 atom stereocenters. The number of rotatable bonds is 23. The average Bonchev–Trinajstić information content (AvgIpc) is 3.20. The molecule has 0 aromatic heterocycles. The molecule has 58 heavy (non-hydrogen) atoms. The summed E-state index contributed by atoms with van der Waals surface area (Å²) in [5, 5.41) is 20.1. The van der Waals surface area contributed by atoms with Crippen LogP contribution >= 0.6 is 0 Å². The lowest BCUT2D eigenvalue weighted by molar-refractivity contribution is -0.136. The molecule has 0 fully saturated rings. The molecule has 8 heteroatoms. The largest absolute Gasteiger partial charge is 0.426 e. The topological polar surface area (TPSA) is 99.5 Å². The molecule has 4 aromatic carbocycles. The van der Waals surface area contributed by atoms with Crippen molar-refractivity contribution in [1.82, 2.24) is 9.80 Å². The zero-order valence-electron chi connectivity index (χ0n) is 36.2. The zero-order valence-corrected chi connectivity index (χ0v) is 36.2. The summed E-state index contributed by atoms with van der Waals surface area (Å²) in [4.78, 5) is 31.6. The second kappa shape index (κ2) is 23.3. The van der Waals surface area contributed by atoms with Crippen LogP contribution in [0, 0.1) is 0 Å². The first-order valence-electron chi connectivity index (χ1n) is 21.3. The summed E-state index contributed by atoms with van der Waals surface area (Å²) in [6, 6.07) is 33.1. The van der Waals surface area contributed by atoms with E-state index in [2.05, 4.69) is 89.5 Å². The van der Waals surface area contributed by atoms with Crippen LogP contribution in [0.2, 0.25) is 0 Å². The van der Waals surface area contributed by atoms with E-state index in [1.165, 1.54) is 0 Å². The van der Waals surface area contributed by atoms with Crippen LogP contribution in [0.15, 0.2) is 97.1 Å². The first-order valence-corrected chi connectivity index (χ1v) is 21.3. The lowest BCUT2D eigenvalue weighted by Gasteiger charge is -2.32. The minimum absolute atomic E-state index is 0.0487. The Bertz CT molecular complexity index is 1690. The van der Waals surface area contributed by atoms with Gasteiger partial charge in [0.25, 0.3) is 0 Å². The molecule has 4 rings (SSSR count). The summed E-state index contributed by atoms with van der Waals surface area (Å²) < 4.78 is 12.1. The van der Waals surface area contributed by atoms with Gasteiger partial charge in [-0.25, -0.2) is 0 Å². The molecule has 0 heterocycles. The van der Waals surface area contributed by atoms with Gasteiger partial charge in [0.2, 0.25) is 0 Å². The molecule has 0 saturated carbocycles. The SMILES string of the molecule is CC(C)N(CCC(c1ccccc1)c1cc(CO)ccc1OC(=O)CCCCC(=O)Oc1ccc(CO)cc1C(CCN(C(C)C)C(C)C)c1ccccc1)C(C)C. The number of aliphatic hydroxyl groups excluding tert-OH is 2. The van der Waals surface area contributed by atoms with E-state index in [1.54, 1.807) is 24.3 Å². The Morgan fingerprint density at radius 1 is 0.517 bits per heavy atom. The van der Waals surface area contributed by atoms with E-state index in [4.69, 9.17) is 9.47 Å². The highest BCUT2D eigenvalue weighted by atomic mass is 16.5. The van der Waals surface area contributed by atoms with Crippen molar-refractivity contribution in [3.05, 3.63) is 130 Å². The highest BCUT2D eigenvalue weighted by Crippen LogP contribution is 2.38. The summed E-state index contributed by atoms with van der Waals surface area (Å²) in [5.74, 6) is 0.155. The van der Waals surface area contributed by atoms with E-state index >= 15 is 0 Å². The van der Waals surface area contributed by atoms with Crippen molar-refractivity contribution in [2.75, 3.05) is 13.1 Å². The lowest BCUT2D eigenvalue weighted by Crippen LogP contribution is -2.38. The van der Waals surface area contributed by atoms with Crippen molar-refractivity contribution in [3.8, 4) is 11.5 Å². The maximum atomic E-state index is 13.3. The van der Waals surface area contributed by atoms with Crippen LogP contribution in [0.5, 0.6) is 11.5 Å². The van der Waals surface area contributed by atoms with Gasteiger partial charge in [0, 0.05) is 60.0 Å². The van der Waals surface area contributed by atoms with E-state index < -0.39 is 0 Å². The molecule has 0 amide bonds. The number of hydrogen-bond acceptors (Lipinski definition) is 8. The molecular weight excluding hydrogens is 725 g/mol. The molecule has 2 unspecified atom stereocenters. The first kappa shape index (κ1) is 46.4. The van der Waals surface area contributed by atoms with Gasteiger partial charge in [0.15, 0.2) is 0 Å². The Balaban J connectivity index is 1.44. The highest BCUT2D eigenvalue weighted by molar-refractivity contribution is 5.74. The predicted octanol–water partition coefficient (Wildman–Crippen LogP) is 10.0. The van der Waals surface area contributed by atoms with Gasteiger partial charge < -0.3 is 19.7 Å². The van der Waals surface area contributed by atoms with E-state index in [9.17, 15) is 19.8 Å². The Morgan fingerprint density at radius 2 is 0.862 bits per heavy atom. The van der Waals surface area contributed by atoms with Crippen molar-refractivity contribution in [2.24, 2.45) is 0 Å². The lowest BCUT2D eigenvalue weighted by atomic mass is 9.86. The molecule has 0 saturated heterocycles. The van der Waals surface area contributed by atoms with Gasteiger partial charge in [0.05, 0.1) is 13.2 Å². The minimum Gasteiger partial charge on any atom is -0.426 e. The van der Waals surface area contributed by atoms with Crippen LogP contribution in [-0.2, 0) is 22.8 Å². The van der Waals surface area contributed by atoms with Crippen LogP contribution in [-0.4, -0.2) is 69.2 Å². The summed E-state index contributed by atoms with van der Waals surface area (Å²) in [7, 11) is 0. The van der Waals surface area contributed by atoms with Crippen molar-refractivity contribution in [2.45, 2.75) is 143 Å². The van der Waals surface area contributed by atoms with Crippen LogP contribution in [0.25, 0.3) is 0 Å². The molecule has 0 bridgehead atoms. The van der Waals surface area contributed by atoms with Gasteiger partial charge in [-0.1, -0.05) is 72.8 Å². The average molecular weight is 793 g/mol.